The Morgan fingerprint density at radius 3 is 2.57 bits per heavy atom. The number of ether oxygens (including phenoxy) is 1. The first kappa shape index (κ1) is 21.3. The molecular formula is C22H25BrN2O4S. The molecule has 0 radical (unpaired) electrons. The molecule has 1 N–H and O–H groups in total. The van der Waals surface area contributed by atoms with E-state index in [1.807, 2.05) is 25.1 Å². The second-order valence-electron chi connectivity index (χ2n) is 7.95. The van der Waals surface area contributed by atoms with Crippen molar-refractivity contribution in [2.24, 2.45) is 0 Å². The van der Waals surface area contributed by atoms with Gasteiger partial charge in [-0.15, -0.1) is 0 Å². The fourth-order valence-electron chi connectivity index (χ4n) is 4.24. The average Bonchev–Trinajstić information content (AvgIpc) is 3.32. The van der Waals surface area contributed by atoms with Gasteiger partial charge in [-0.2, -0.15) is 0 Å². The lowest BCUT2D eigenvalue weighted by Gasteiger charge is -2.22. The summed E-state index contributed by atoms with van der Waals surface area (Å²) < 4.78 is 34.4. The summed E-state index contributed by atoms with van der Waals surface area (Å²) >= 11 is 3.47. The van der Waals surface area contributed by atoms with E-state index in [1.54, 1.807) is 17.0 Å². The number of rotatable bonds is 6. The molecule has 1 atom stereocenters. The van der Waals surface area contributed by atoms with Gasteiger partial charge in [-0.05, 0) is 74.2 Å². The molecule has 0 aromatic heterocycles. The first-order valence-corrected chi connectivity index (χ1v) is 12.5. The number of hydrogen-bond acceptors (Lipinski definition) is 4. The molecule has 6 nitrogen and oxygen atoms in total. The van der Waals surface area contributed by atoms with Crippen LogP contribution < -0.4 is 14.4 Å². The highest BCUT2D eigenvalue weighted by Gasteiger charge is 2.31. The molecule has 160 valence electrons. The third kappa shape index (κ3) is 4.55. The molecule has 1 aliphatic heterocycles. The highest BCUT2D eigenvalue weighted by Crippen LogP contribution is 2.34. The Labute approximate surface area is 185 Å². The molecule has 2 aliphatic rings. The summed E-state index contributed by atoms with van der Waals surface area (Å²) in [7, 11) is -3.53. The number of sulfonamides is 1. The Kier molecular flexibility index (Phi) is 6.18. The number of carbonyl (C=O) groups is 1. The van der Waals surface area contributed by atoms with Crippen LogP contribution in [0.1, 0.15) is 38.2 Å². The summed E-state index contributed by atoms with van der Waals surface area (Å²) in [5.41, 5.74) is 2.05. The maximum Gasteiger partial charge on any atom is 0.265 e. The van der Waals surface area contributed by atoms with Gasteiger partial charge in [0.25, 0.3) is 5.91 Å². The Morgan fingerprint density at radius 1 is 1.17 bits per heavy atom. The zero-order valence-corrected chi connectivity index (χ0v) is 19.2. The van der Waals surface area contributed by atoms with E-state index < -0.39 is 10.0 Å². The molecule has 1 heterocycles. The highest BCUT2D eigenvalue weighted by atomic mass is 79.9. The van der Waals surface area contributed by atoms with Crippen molar-refractivity contribution in [1.29, 1.82) is 0 Å². The van der Waals surface area contributed by atoms with Crippen LogP contribution in [0.3, 0.4) is 0 Å². The lowest BCUT2D eigenvalue weighted by molar-refractivity contribution is -0.120. The highest BCUT2D eigenvalue weighted by molar-refractivity contribution is 9.10. The molecule has 0 saturated heterocycles. The second kappa shape index (κ2) is 8.69. The van der Waals surface area contributed by atoms with Gasteiger partial charge in [0, 0.05) is 22.2 Å². The molecule has 0 spiro atoms. The third-order valence-electron chi connectivity index (χ3n) is 5.70. The zero-order chi connectivity index (χ0) is 21.3. The number of benzene rings is 2. The molecule has 1 saturated carbocycles. The van der Waals surface area contributed by atoms with Crippen molar-refractivity contribution < 1.29 is 17.9 Å². The summed E-state index contributed by atoms with van der Waals surface area (Å²) in [6.07, 6.45) is 4.70. The van der Waals surface area contributed by atoms with Gasteiger partial charge in [-0.25, -0.2) is 13.1 Å². The summed E-state index contributed by atoms with van der Waals surface area (Å²) in [6.45, 7) is 1.91. The maximum atomic E-state index is 12.8. The standard InChI is InChI=1S/C22H25BrN2O4S/c1-15-12-16-13-17(23)6-11-21(16)25(15)22(26)14-29-19-7-9-20(10-8-19)30(27,28)24-18-4-2-3-5-18/h6-11,13,15,18,24H,2-5,12,14H2,1H3/t15-/m1/s1. The van der Waals surface area contributed by atoms with Crippen LogP contribution >= 0.6 is 15.9 Å². The van der Waals surface area contributed by atoms with Crippen LogP contribution in [0.2, 0.25) is 0 Å². The van der Waals surface area contributed by atoms with Crippen molar-refractivity contribution in [2.75, 3.05) is 11.5 Å². The number of halogens is 1. The van der Waals surface area contributed by atoms with Crippen molar-refractivity contribution in [3.05, 3.63) is 52.5 Å². The summed E-state index contributed by atoms with van der Waals surface area (Å²) in [5.74, 6) is 0.342. The van der Waals surface area contributed by atoms with Crippen molar-refractivity contribution in [3.63, 3.8) is 0 Å². The molecular weight excluding hydrogens is 468 g/mol. The lowest BCUT2D eigenvalue weighted by atomic mass is 10.1. The van der Waals surface area contributed by atoms with Gasteiger partial charge < -0.3 is 9.64 Å². The van der Waals surface area contributed by atoms with E-state index >= 15 is 0 Å². The van der Waals surface area contributed by atoms with Crippen molar-refractivity contribution >= 4 is 37.5 Å². The Hall–Kier alpha value is -1.90. The van der Waals surface area contributed by atoms with E-state index in [4.69, 9.17) is 4.74 Å². The SMILES string of the molecule is C[C@@H]1Cc2cc(Br)ccc2N1C(=O)COc1ccc(S(=O)(=O)NC2CCCC2)cc1. The van der Waals surface area contributed by atoms with Crippen LogP contribution in [0.15, 0.2) is 51.8 Å². The topological polar surface area (TPSA) is 75.7 Å². The average molecular weight is 493 g/mol. The van der Waals surface area contributed by atoms with Gasteiger partial charge in [0.05, 0.1) is 4.90 Å². The van der Waals surface area contributed by atoms with Crippen molar-refractivity contribution in [3.8, 4) is 5.75 Å². The predicted octanol–water partition coefficient (Wildman–Crippen LogP) is 4.03. The summed E-state index contributed by atoms with van der Waals surface area (Å²) in [5, 5.41) is 0. The number of carbonyl (C=O) groups excluding carboxylic acids is 1. The fourth-order valence-corrected chi connectivity index (χ4v) is 5.95. The second-order valence-corrected chi connectivity index (χ2v) is 10.6. The summed E-state index contributed by atoms with van der Waals surface area (Å²) in [6, 6.07) is 12.2. The Bertz CT molecular complexity index is 1030. The molecule has 8 heteroatoms. The monoisotopic (exact) mass is 492 g/mol. The van der Waals surface area contributed by atoms with Gasteiger partial charge in [-0.1, -0.05) is 28.8 Å². The predicted molar refractivity (Wildman–Crippen MR) is 119 cm³/mol. The quantitative estimate of drug-likeness (QED) is 0.660. The zero-order valence-electron chi connectivity index (χ0n) is 16.8. The first-order valence-electron chi connectivity index (χ1n) is 10.2. The van der Waals surface area contributed by atoms with Crippen LogP contribution in [-0.2, 0) is 21.2 Å². The summed E-state index contributed by atoms with van der Waals surface area (Å²) in [4.78, 5) is 14.8. The number of fused-ring (bicyclic) bond motifs is 1. The van der Waals surface area contributed by atoms with Crippen molar-refractivity contribution in [1.82, 2.24) is 4.72 Å². The molecule has 1 amide bonds. The lowest BCUT2D eigenvalue weighted by Crippen LogP contribution is -2.39. The van der Waals surface area contributed by atoms with E-state index in [9.17, 15) is 13.2 Å². The van der Waals surface area contributed by atoms with E-state index in [-0.39, 0.29) is 29.5 Å². The molecule has 1 fully saturated rings. The van der Waals surface area contributed by atoms with Gasteiger partial charge >= 0.3 is 0 Å². The fraction of sp³-hybridized carbons (Fsp3) is 0.409. The number of hydrogen-bond donors (Lipinski definition) is 1. The van der Waals surface area contributed by atoms with E-state index in [1.165, 1.54) is 12.1 Å². The Balaban J connectivity index is 1.38. The van der Waals surface area contributed by atoms with Crippen molar-refractivity contribution in [2.45, 2.75) is 56.0 Å². The number of nitrogens with zero attached hydrogens (tertiary/aromatic N) is 1. The molecule has 30 heavy (non-hydrogen) atoms. The first-order chi connectivity index (χ1) is 14.3. The molecule has 0 bridgehead atoms. The number of nitrogens with one attached hydrogen (secondary N) is 1. The molecule has 4 rings (SSSR count). The molecule has 0 unspecified atom stereocenters. The smallest absolute Gasteiger partial charge is 0.265 e. The third-order valence-corrected chi connectivity index (χ3v) is 7.73. The minimum atomic E-state index is -3.53. The Morgan fingerprint density at radius 2 is 1.87 bits per heavy atom. The normalized spacial score (nSPS) is 19.1. The van der Waals surface area contributed by atoms with Crippen LogP contribution in [0.25, 0.3) is 0 Å². The molecule has 2 aromatic rings. The number of anilines is 1. The van der Waals surface area contributed by atoms with Crippen LogP contribution in [0, 0.1) is 0 Å². The van der Waals surface area contributed by atoms with Crippen LogP contribution in [0.5, 0.6) is 5.75 Å². The number of amides is 1. The molecule has 2 aromatic carbocycles. The van der Waals surface area contributed by atoms with Crippen LogP contribution in [0.4, 0.5) is 5.69 Å². The molecule has 1 aliphatic carbocycles. The minimum absolute atomic E-state index is 0.0227. The van der Waals surface area contributed by atoms with Gasteiger partial charge in [-0.3, -0.25) is 4.79 Å². The van der Waals surface area contributed by atoms with Crippen LogP contribution in [-0.4, -0.2) is 33.0 Å². The van der Waals surface area contributed by atoms with Gasteiger partial charge in [0.15, 0.2) is 6.61 Å². The maximum absolute atomic E-state index is 12.8. The minimum Gasteiger partial charge on any atom is -0.484 e. The van der Waals surface area contributed by atoms with Gasteiger partial charge in [0.1, 0.15) is 5.75 Å². The van der Waals surface area contributed by atoms with E-state index in [0.717, 1.165) is 47.8 Å². The van der Waals surface area contributed by atoms with E-state index in [2.05, 4.69) is 20.7 Å². The van der Waals surface area contributed by atoms with E-state index in [0.29, 0.717) is 5.75 Å². The largest absolute Gasteiger partial charge is 0.484 e. The van der Waals surface area contributed by atoms with Gasteiger partial charge in [0.2, 0.25) is 10.0 Å².